The first-order chi connectivity index (χ1) is 5.72. The number of hydrogen-bond donors (Lipinski definition) is 2. The van der Waals surface area contributed by atoms with E-state index in [9.17, 15) is 4.79 Å². The second-order valence-corrected chi connectivity index (χ2v) is 2.33. The lowest BCUT2D eigenvalue weighted by atomic mass is 10.1. The third kappa shape index (κ3) is 2.25. The van der Waals surface area contributed by atoms with Gasteiger partial charge in [0, 0.05) is 0 Å². The maximum Gasteiger partial charge on any atom is 0.328 e. The lowest BCUT2D eigenvalue weighted by molar-refractivity contribution is -0.143. The average Bonchev–Trinajstić information content (AvgIpc) is 2.09. The van der Waals surface area contributed by atoms with E-state index in [4.69, 9.17) is 5.11 Å². The minimum absolute atomic E-state index is 0.122. The zero-order valence-corrected chi connectivity index (χ0v) is 6.36. The summed E-state index contributed by atoms with van der Waals surface area (Å²) in [6.07, 6.45) is 0.122. The minimum atomic E-state index is -0.499. The van der Waals surface area contributed by atoms with Crippen LogP contribution in [-0.4, -0.2) is 11.1 Å². The molecule has 0 bridgehead atoms. The Morgan fingerprint density at radius 2 is 2.00 bits per heavy atom. The van der Waals surface area contributed by atoms with Crippen molar-refractivity contribution in [3.05, 3.63) is 29.8 Å². The Balaban J connectivity index is 2.64. The van der Waals surface area contributed by atoms with Gasteiger partial charge in [-0.3, -0.25) is 4.79 Å². The molecular weight excluding hydrogens is 158 g/mol. The predicted octanol–water partition coefficient (Wildman–Crippen LogP) is 0.352. The standard InChI is InChI=1S/C8H9NO3/c9-12-8(11)5-6-1-3-7(10)4-2-6/h1-4,10H,5,9H2. The van der Waals surface area contributed by atoms with Gasteiger partial charge in [-0.1, -0.05) is 12.1 Å². The van der Waals surface area contributed by atoms with E-state index in [0.717, 1.165) is 5.56 Å². The second kappa shape index (κ2) is 3.73. The lowest BCUT2D eigenvalue weighted by Crippen LogP contribution is -2.12. The van der Waals surface area contributed by atoms with Gasteiger partial charge in [0.1, 0.15) is 5.75 Å². The summed E-state index contributed by atoms with van der Waals surface area (Å²) >= 11 is 0. The Morgan fingerprint density at radius 3 is 2.50 bits per heavy atom. The molecule has 4 heteroatoms. The van der Waals surface area contributed by atoms with Crippen LogP contribution in [0.25, 0.3) is 0 Å². The summed E-state index contributed by atoms with van der Waals surface area (Å²) in [5, 5.41) is 8.91. The Hall–Kier alpha value is -1.55. The van der Waals surface area contributed by atoms with E-state index < -0.39 is 5.97 Å². The molecule has 3 N–H and O–H groups in total. The molecule has 0 unspecified atom stereocenters. The van der Waals surface area contributed by atoms with Crippen molar-refractivity contribution in [2.75, 3.05) is 0 Å². The highest BCUT2D eigenvalue weighted by atomic mass is 16.7. The van der Waals surface area contributed by atoms with Crippen LogP contribution in [0.2, 0.25) is 0 Å². The lowest BCUT2D eigenvalue weighted by Gasteiger charge is -1.98. The summed E-state index contributed by atoms with van der Waals surface area (Å²) < 4.78 is 0. The van der Waals surface area contributed by atoms with Gasteiger partial charge in [0.05, 0.1) is 6.42 Å². The number of rotatable bonds is 2. The normalized spacial score (nSPS) is 9.42. The van der Waals surface area contributed by atoms with Gasteiger partial charge in [0.2, 0.25) is 0 Å². The van der Waals surface area contributed by atoms with E-state index in [-0.39, 0.29) is 12.2 Å². The van der Waals surface area contributed by atoms with E-state index >= 15 is 0 Å². The third-order valence-corrected chi connectivity index (χ3v) is 1.42. The van der Waals surface area contributed by atoms with Crippen molar-refractivity contribution < 1.29 is 14.7 Å². The number of hydrogen-bond acceptors (Lipinski definition) is 4. The van der Waals surface area contributed by atoms with Crippen LogP contribution >= 0.6 is 0 Å². The largest absolute Gasteiger partial charge is 0.508 e. The van der Waals surface area contributed by atoms with E-state index in [1.807, 2.05) is 0 Å². The molecule has 0 saturated heterocycles. The molecule has 0 aliphatic carbocycles. The zero-order valence-electron chi connectivity index (χ0n) is 6.36. The van der Waals surface area contributed by atoms with Crippen LogP contribution < -0.4 is 5.90 Å². The number of aromatic hydroxyl groups is 1. The summed E-state index contributed by atoms with van der Waals surface area (Å²) in [6.45, 7) is 0. The molecule has 0 atom stereocenters. The molecule has 0 aromatic heterocycles. The predicted molar refractivity (Wildman–Crippen MR) is 42.1 cm³/mol. The van der Waals surface area contributed by atoms with Crippen molar-refractivity contribution in [2.24, 2.45) is 5.90 Å². The smallest absolute Gasteiger partial charge is 0.328 e. The number of phenols is 1. The van der Waals surface area contributed by atoms with E-state index in [1.54, 1.807) is 12.1 Å². The van der Waals surface area contributed by atoms with Gasteiger partial charge < -0.3 is 9.94 Å². The van der Waals surface area contributed by atoms with Gasteiger partial charge >= 0.3 is 5.97 Å². The van der Waals surface area contributed by atoms with E-state index in [2.05, 4.69) is 10.7 Å². The summed E-state index contributed by atoms with van der Waals surface area (Å²) in [4.78, 5) is 14.6. The molecule has 64 valence electrons. The summed E-state index contributed by atoms with van der Waals surface area (Å²) in [5.74, 6) is 4.32. The Bertz CT molecular complexity index is 268. The number of carbonyl (C=O) groups is 1. The molecular formula is C8H9NO3. The highest BCUT2D eigenvalue weighted by Gasteiger charge is 2.02. The van der Waals surface area contributed by atoms with Crippen molar-refractivity contribution >= 4 is 5.97 Å². The van der Waals surface area contributed by atoms with Crippen molar-refractivity contribution in [3.8, 4) is 5.75 Å². The second-order valence-electron chi connectivity index (χ2n) is 2.33. The molecule has 12 heavy (non-hydrogen) atoms. The van der Waals surface area contributed by atoms with Crippen LogP contribution in [0.1, 0.15) is 5.56 Å². The fraction of sp³-hybridized carbons (Fsp3) is 0.125. The molecule has 1 aromatic carbocycles. The number of benzene rings is 1. The number of nitrogens with two attached hydrogens (primary N) is 1. The number of carbonyl (C=O) groups excluding carboxylic acids is 1. The van der Waals surface area contributed by atoms with Crippen molar-refractivity contribution in [3.63, 3.8) is 0 Å². The maximum absolute atomic E-state index is 10.7. The summed E-state index contributed by atoms with van der Waals surface area (Å²) in [7, 11) is 0. The van der Waals surface area contributed by atoms with Crippen LogP contribution in [0, 0.1) is 0 Å². The van der Waals surface area contributed by atoms with Gasteiger partial charge in [-0.2, -0.15) is 5.90 Å². The van der Waals surface area contributed by atoms with Crippen LogP contribution in [0.5, 0.6) is 5.75 Å². The first-order valence-electron chi connectivity index (χ1n) is 3.40. The van der Waals surface area contributed by atoms with Gasteiger partial charge in [-0.25, -0.2) is 0 Å². The molecule has 0 radical (unpaired) electrons. The third-order valence-electron chi connectivity index (χ3n) is 1.42. The SMILES string of the molecule is NOC(=O)Cc1ccc(O)cc1. The van der Waals surface area contributed by atoms with Gasteiger partial charge in [-0.15, -0.1) is 0 Å². The molecule has 0 aliphatic rings. The summed E-state index contributed by atoms with van der Waals surface area (Å²) in [5.41, 5.74) is 0.753. The van der Waals surface area contributed by atoms with Crippen molar-refractivity contribution in [1.82, 2.24) is 0 Å². The molecule has 1 rings (SSSR count). The highest BCUT2D eigenvalue weighted by Crippen LogP contribution is 2.09. The van der Waals surface area contributed by atoms with E-state index in [1.165, 1.54) is 12.1 Å². The molecule has 0 saturated carbocycles. The first kappa shape index (κ1) is 8.55. The average molecular weight is 167 g/mol. The Morgan fingerprint density at radius 1 is 1.42 bits per heavy atom. The van der Waals surface area contributed by atoms with Crippen LogP contribution in [0.4, 0.5) is 0 Å². The molecule has 0 aliphatic heterocycles. The van der Waals surface area contributed by atoms with Gasteiger partial charge in [0.25, 0.3) is 0 Å². The fourth-order valence-corrected chi connectivity index (χ4v) is 0.822. The van der Waals surface area contributed by atoms with Gasteiger partial charge in [-0.05, 0) is 17.7 Å². The zero-order chi connectivity index (χ0) is 8.97. The maximum atomic E-state index is 10.7. The highest BCUT2D eigenvalue weighted by molar-refractivity contribution is 5.72. The Kier molecular flexibility index (Phi) is 2.66. The van der Waals surface area contributed by atoms with Gasteiger partial charge in [0.15, 0.2) is 0 Å². The Labute approximate surface area is 69.5 Å². The topological polar surface area (TPSA) is 72.5 Å². The fourth-order valence-electron chi connectivity index (χ4n) is 0.822. The molecule has 0 spiro atoms. The molecule has 4 nitrogen and oxygen atoms in total. The van der Waals surface area contributed by atoms with Crippen LogP contribution in [0.3, 0.4) is 0 Å². The first-order valence-corrected chi connectivity index (χ1v) is 3.40. The minimum Gasteiger partial charge on any atom is -0.508 e. The van der Waals surface area contributed by atoms with Crippen molar-refractivity contribution in [2.45, 2.75) is 6.42 Å². The molecule has 1 aromatic rings. The van der Waals surface area contributed by atoms with Crippen LogP contribution in [0.15, 0.2) is 24.3 Å². The van der Waals surface area contributed by atoms with Crippen LogP contribution in [-0.2, 0) is 16.1 Å². The monoisotopic (exact) mass is 167 g/mol. The number of phenolic OH excluding ortho intramolecular Hbond substituents is 1. The quantitative estimate of drug-likeness (QED) is 0.623. The summed E-state index contributed by atoms with van der Waals surface area (Å²) in [6, 6.07) is 6.26. The molecule has 0 fully saturated rings. The van der Waals surface area contributed by atoms with Crippen molar-refractivity contribution in [1.29, 1.82) is 0 Å². The molecule has 0 amide bonds. The molecule has 0 heterocycles. The van der Waals surface area contributed by atoms with E-state index in [0.29, 0.717) is 0 Å².